The fraction of sp³-hybridized carbons (Fsp3) is 0.625. The van der Waals surface area contributed by atoms with E-state index in [1.807, 2.05) is 13.8 Å². The van der Waals surface area contributed by atoms with Crippen LogP contribution in [0.15, 0.2) is 6.33 Å². The van der Waals surface area contributed by atoms with E-state index < -0.39 is 24.0 Å². The van der Waals surface area contributed by atoms with E-state index in [1.54, 1.807) is 0 Å². The van der Waals surface area contributed by atoms with Crippen molar-refractivity contribution < 1.29 is 28.2 Å². The van der Waals surface area contributed by atoms with Crippen molar-refractivity contribution in [2.75, 3.05) is 12.8 Å². The van der Waals surface area contributed by atoms with Crippen LogP contribution in [0, 0.1) is 24.3 Å². The quantitative estimate of drug-likeness (QED) is 0.287. The Morgan fingerprint density at radius 2 is 2.14 bits per heavy atom. The van der Waals surface area contributed by atoms with Crippen molar-refractivity contribution in [3.63, 3.8) is 0 Å². The summed E-state index contributed by atoms with van der Waals surface area (Å²) in [6.45, 7) is 3.88. The zero-order chi connectivity index (χ0) is 25.6. The minimum atomic E-state index is -1.24. The number of methoxy groups -OCH3 is 1. The summed E-state index contributed by atoms with van der Waals surface area (Å²) in [4.78, 5) is 36.0. The molecule has 0 spiro atoms. The maximum atomic E-state index is 13.9. The Morgan fingerprint density at radius 1 is 1.37 bits per heavy atom. The number of halogens is 1. The number of rotatable bonds is 11. The summed E-state index contributed by atoms with van der Waals surface area (Å²) < 4.78 is 32.4. The van der Waals surface area contributed by atoms with Gasteiger partial charge in [0.15, 0.2) is 22.6 Å². The van der Waals surface area contributed by atoms with Gasteiger partial charge in [-0.3, -0.25) is 14.2 Å². The standard InChI is InChI=1S/C24H32FN5O5/c1-5-9-15(22(32)33-4)11-8-12-24(7-3)16(34-18(31)10-6-2)13-17(35-24)30-14-27-19-20(26)28-23(25)29-21(19)30/h3,14-17H,5-6,8-13H2,1-2,4H3,(H2,26,28,29)/t15?,16-,17+,24-/m0/s1. The van der Waals surface area contributed by atoms with Crippen molar-refractivity contribution in [2.45, 2.75) is 83.1 Å². The number of nitrogens with zero attached hydrogens (tertiary/aromatic N) is 4. The lowest BCUT2D eigenvalue weighted by Gasteiger charge is -2.29. The Kier molecular flexibility index (Phi) is 8.62. The summed E-state index contributed by atoms with van der Waals surface area (Å²) >= 11 is 0. The number of fused-ring (bicyclic) bond motifs is 1. The Hall–Kier alpha value is -3.26. The topological polar surface area (TPSA) is 131 Å². The normalized spacial score (nSPS) is 22.6. The Bertz CT molecular complexity index is 1100. The van der Waals surface area contributed by atoms with Gasteiger partial charge in [-0.05, 0) is 32.1 Å². The molecule has 1 aliphatic rings. The molecule has 2 N–H and O–H groups in total. The molecule has 1 saturated heterocycles. The molecule has 2 aromatic heterocycles. The van der Waals surface area contributed by atoms with E-state index in [9.17, 15) is 14.0 Å². The third kappa shape index (κ3) is 5.70. The van der Waals surface area contributed by atoms with Gasteiger partial charge in [0.05, 0.1) is 19.4 Å². The van der Waals surface area contributed by atoms with Gasteiger partial charge in [-0.15, -0.1) is 6.42 Å². The van der Waals surface area contributed by atoms with Crippen LogP contribution in [0.2, 0.25) is 0 Å². The van der Waals surface area contributed by atoms with Crippen molar-refractivity contribution in [1.29, 1.82) is 0 Å². The van der Waals surface area contributed by atoms with Crippen molar-refractivity contribution in [1.82, 2.24) is 19.5 Å². The number of aromatic nitrogens is 4. The molecule has 0 radical (unpaired) electrons. The van der Waals surface area contributed by atoms with Gasteiger partial charge >= 0.3 is 18.0 Å². The highest BCUT2D eigenvalue weighted by atomic mass is 19.1. The second-order valence-electron chi connectivity index (χ2n) is 8.67. The van der Waals surface area contributed by atoms with Crippen LogP contribution in [0.25, 0.3) is 11.2 Å². The predicted molar refractivity (Wildman–Crippen MR) is 125 cm³/mol. The lowest BCUT2D eigenvalue weighted by atomic mass is 9.88. The molecule has 3 heterocycles. The number of carbonyl (C=O) groups excluding carboxylic acids is 2. The molecule has 3 rings (SSSR count). The number of imidazole rings is 1. The summed E-state index contributed by atoms with van der Waals surface area (Å²) in [5, 5.41) is 0. The van der Waals surface area contributed by atoms with E-state index in [1.165, 1.54) is 18.0 Å². The number of nitrogen functional groups attached to an aromatic ring is 1. The summed E-state index contributed by atoms with van der Waals surface area (Å²) in [6, 6.07) is 0. The number of carbonyl (C=O) groups is 2. The number of nitrogens with two attached hydrogens (primary N) is 1. The molecule has 35 heavy (non-hydrogen) atoms. The second-order valence-corrected chi connectivity index (χ2v) is 8.67. The first-order valence-electron chi connectivity index (χ1n) is 11.9. The molecule has 0 amide bonds. The van der Waals surface area contributed by atoms with Gasteiger partial charge in [0.1, 0.15) is 12.3 Å². The molecule has 0 aliphatic carbocycles. The molecule has 0 saturated carbocycles. The molecule has 10 nitrogen and oxygen atoms in total. The minimum Gasteiger partial charge on any atom is -0.469 e. The van der Waals surface area contributed by atoms with Crippen molar-refractivity contribution in [2.24, 2.45) is 5.92 Å². The Balaban J connectivity index is 1.87. The van der Waals surface area contributed by atoms with Gasteiger partial charge in [0.25, 0.3) is 0 Å². The number of esters is 2. The van der Waals surface area contributed by atoms with Crippen LogP contribution >= 0.6 is 0 Å². The molecule has 0 aromatic carbocycles. The number of ether oxygens (including phenoxy) is 3. The highest BCUT2D eigenvalue weighted by molar-refractivity contribution is 5.81. The van der Waals surface area contributed by atoms with Crippen LogP contribution < -0.4 is 5.73 Å². The smallest absolute Gasteiger partial charge is 0.312 e. The average Bonchev–Trinajstić information content (AvgIpc) is 3.40. The third-order valence-electron chi connectivity index (χ3n) is 6.26. The van der Waals surface area contributed by atoms with E-state index in [2.05, 4.69) is 20.9 Å². The molecular weight excluding hydrogens is 457 g/mol. The molecule has 2 aromatic rings. The van der Waals surface area contributed by atoms with Gasteiger partial charge in [-0.1, -0.05) is 26.2 Å². The van der Waals surface area contributed by atoms with Crippen molar-refractivity contribution >= 4 is 28.9 Å². The van der Waals surface area contributed by atoms with Crippen LogP contribution in [-0.2, 0) is 23.8 Å². The van der Waals surface area contributed by atoms with Gasteiger partial charge < -0.3 is 19.9 Å². The molecule has 1 unspecified atom stereocenters. The Labute approximate surface area is 203 Å². The van der Waals surface area contributed by atoms with Crippen LogP contribution in [0.3, 0.4) is 0 Å². The zero-order valence-corrected chi connectivity index (χ0v) is 20.3. The third-order valence-corrected chi connectivity index (χ3v) is 6.26. The Morgan fingerprint density at radius 3 is 2.80 bits per heavy atom. The summed E-state index contributed by atoms with van der Waals surface area (Å²) in [6.07, 6.45) is 8.98. The van der Waals surface area contributed by atoms with Crippen molar-refractivity contribution in [3.05, 3.63) is 12.4 Å². The van der Waals surface area contributed by atoms with E-state index in [0.29, 0.717) is 32.1 Å². The largest absolute Gasteiger partial charge is 0.469 e. The van der Waals surface area contributed by atoms with E-state index >= 15 is 0 Å². The van der Waals surface area contributed by atoms with Crippen LogP contribution in [-0.4, -0.2) is 50.3 Å². The van der Waals surface area contributed by atoms with Crippen LogP contribution in [0.4, 0.5) is 10.2 Å². The molecule has 1 fully saturated rings. The number of hydrogen-bond acceptors (Lipinski definition) is 9. The molecular formula is C24H32FN5O5. The first kappa shape index (κ1) is 26.3. The van der Waals surface area contributed by atoms with Crippen molar-refractivity contribution in [3.8, 4) is 12.3 Å². The maximum absolute atomic E-state index is 13.9. The van der Waals surface area contributed by atoms with E-state index in [-0.39, 0.29) is 47.7 Å². The number of hydrogen-bond donors (Lipinski definition) is 1. The monoisotopic (exact) mass is 489 g/mol. The number of anilines is 1. The molecule has 11 heteroatoms. The fourth-order valence-electron chi connectivity index (χ4n) is 4.52. The summed E-state index contributed by atoms with van der Waals surface area (Å²) in [5.74, 6) is 1.72. The fourth-order valence-corrected chi connectivity index (χ4v) is 4.52. The van der Waals surface area contributed by atoms with Gasteiger partial charge in [0.2, 0.25) is 0 Å². The lowest BCUT2D eigenvalue weighted by Crippen LogP contribution is -2.41. The van der Waals surface area contributed by atoms with Gasteiger partial charge in [-0.25, -0.2) is 4.98 Å². The zero-order valence-electron chi connectivity index (χ0n) is 20.3. The van der Waals surface area contributed by atoms with Gasteiger partial charge in [-0.2, -0.15) is 14.4 Å². The summed E-state index contributed by atoms with van der Waals surface area (Å²) in [7, 11) is 1.37. The lowest BCUT2D eigenvalue weighted by molar-refractivity contribution is -0.156. The molecule has 1 aliphatic heterocycles. The average molecular weight is 490 g/mol. The molecule has 190 valence electrons. The van der Waals surface area contributed by atoms with Crippen LogP contribution in [0.5, 0.6) is 0 Å². The maximum Gasteiger partial charge on any atom is 0.312 e. The second kappa shape index (κ2) is 11.4. The predicted octanol–water partition coefficient (Wildman–Crippen LogP) is 3.31. The van der Waals surface area contributed by atoms with Crippen LogP contribution in [0.1, 0.15) is 71.4 Å². The first-order valence-corrected chi connectivity index (χ1v) is 11.9. The number of terminal acetylenes is 1. The highest BCUT2D eigenvalue weighted by Gasteiger charge is 2.50. The summed E-state index contributed by atoms with van der Waals surface area (Å²) in [5.41, 5.74) is 4.92. The van der Waals surface area contributed by atoms with E-state index in [4.69, 9.17) is 26.4 Å². The molecule has 4 atom stereocenters. The molecule has 0 bridgehead atoms. The van der Waals surface area contributed by atoms with E-state index in [0.717, 1.165) is 6.42 Å². The first-order chi connectivity index (χ1) is 16.8. The van der Waals surface area contributed by atoms with Gasteiger partial charge in [0, 0.05) is 12.8 Å². The SMILES string of the molecule is C#C[C@@]1(CCCC(CCC)C(=O)OC)O[C@@H](n2cnc3c(N)nc(F)nc32)C[C@@H]1OC(=O)CCC. The minimum absolute atomic E-state index is 0.0943. The highest BCUT2D eigenvalue weighted by Crippen LogP contribution is 2.43.